The van der Waals surface area contributed by atoms with Crippen LogP contribution in [-0.2, 0) is 14.9 Å². The Bertz CT molecular complexity index is 480. The molecule has 0 unspecified atom stereocenters. The SMILES string of the molecule is COC(=O)c1sc(C(C)(C)C)c(C(=O)OC)c1C. The van der Waals surface area contributed by atoms with Crippen LogP contribution in [0.2, 0.25) is 0 Å². The Kier molecular flexibility index (Phi) is 4.16. The molecule has 100 valence electrons. The fourth-order valence-corrected chi connectivity index (χ4v) is 2.95. The van der Waals surface area contributed by atoms with Crippen molar-refractivity contribution in [3.8, 4) is 0 Å². The van der Waals surface area contributed by atoms with Crippen molar-refractivity contribution in [2.45, 2.75) is 33.1 Å². The smallest absolute Gasteiger partial charge is 0.348 e. The molecule has 0 fully saturated rings. The van der Waals surface area contributed by atoms with Crippen LogP contribution in [0.1, 0.15) is 51.2 Å². The molecule has 0 aliphatic carbocycles. The molecule has 0 saturated carbocycles. The first-order valence-electron chi connectivity index (χ1n) is 5.54. The zero-order valence-corrected chi connectivity index (χ0v) is 12.4. The molecule has 0 saturated heterocycles. The minimum absolute atomic E-state index is 0.231. The number of hydrogen-bond acceptors (Lipinski definition) is 5. The number of esters is 2. The Hall–Kier alpha value is -1.36. The summed E-state index contributed by atoms with van der Waals surface area (Å²) >= 11 is 1.29. The van der Waals surface area contributed by atoms with Crippen LogP contribution in [0.5, 0.6) is 0 Å². The van der Waals surface area contributed by atoms with E-state index in [4.69, 9.17) is 9.47 Å². The maximum atomic E-state index is 11.9. The number of thiophene rings is 1. The summed E-state index contributed by atoms with van der Waals surface area (Å²) in [7, 11) is 2.67. The first-order chi connectivity index (χ1) is 8.23. The average Bonchev–Trinajstić information content (AvgIpc) is 2.64. The molecule has 0 N–H and O–H groups in total. The van der Waals surface area contributed by atoms with Crippen molar-refractivity contribution in [1.29, 1.82) is 0 Å². The van der Waals surface area contributed by atoms with Gasteiger partial charge in [0.15, 0.2) is 0 Å². The lowest BCUT2D eigenvalue weighted by Gasteiger charge is -2.18. The monoisotopic (exact) mass is 270 g/mol. The average molecular weight is 270 g/mol. The van der Waals surface area contributed by atoms with Crippen molar-refractivity contribution in [2.75, 3.05) is 14.2 Å². The van der Waals surface area contributed by atoms with Gasteiger partial charge in [0.2, 0.25) is 0 Å². The van der Waals surface area contributed by atoms with Gasteiger partial charge in [0.05, 0.1) is 19.8 Å². The number of methoxy groups -OCH3 is 2. The van der Waals surface area contributed by atoms with E-state index in [0.717, 1.165) is 4.88 Å². The maximum Gasteiger partial charge on any atom is 0.348 e. The standard InChI is InChI=1S/C13H18O4S/c1-7-8(11(14)16-5)10(13(2,3)4)18-9(7)12(15)17-6/h1-6H3. The van der Waals surface area contributed by atoms with Crippen molar-refractivity contribution in [3.05, 3.63) is 20.9 Å². The molecule has 0 atom stereocenters. The van der Waals surface area contributed by atoms with Gasteiger partial charge in [-0.1, -0.05) is 20.8 Å². The van der Waals surface area contributed by atoms with E-state index in [-0.39, 0.29) is 5.41 Å². The molecule has 1 rings (SSSR count). The van der Waals surface area contributed by atoms with Crippen LogP contribution in [-0.4, -0.2) is 26.2 Å². The van der Waals surface area contributed by atoms with Gasteiger partial charge in [-0.25, -0.2) is 9.59 Å². The second kappa shape index (κ2) is 5.10. The summed E-state index contributed by atoms with van der Waals surface area (Å²) in [5, 5.41) is 0. The van der Waals surface area contributed by atoms with Crippen LogP contribution >= 0.6 is 11.3 Å². The first kappa shape index (κ1) is 14.7. The first-order valence-corrected chi connectivity index (χ1v) is 6.36. The van der Waals surface area contributed by atoms with Gasteiger partial charge in [0.25, 0.3) is 0 Å². The minimum Gasteiger partial charge on any atom is -0.465 e. The lowest BCUT2D eigenvalue weighted by molar-refractivity contribution is 0.0598. The van der Waals surface area contributed by atoms with Gasteiger partial charge in [-0.2, -0.15) is 0 Å². The topological polar surface area (TPSA) is 52.6 Å². The Morgan fingerprint density at radius 3 is 1.94 bits per heavy atom. The summed E-state index contributed by atoms with van der Waals surface area (Å²) < 4.78 is 9.53. The maximum absolute atomic E-state index is 11.9. The van der Waals surface area contributed by atoms with Gasteiger partial charge < -0.3 is 9.47 Å². The van der Waals surface area contributed by atoms with E-state index in [2.05, 4.69) is 0 Å². The van der Waals surface area contributed by atoms with Crippen molar-refractivity contribution in [1.82, 2.24) is 0 Å². The molecule has 1 aromatic heterocycles. The highest BCUT2D eigenvalue weighted by Gasteiger charge is 2.31. The highest BCUT2D eigenvalue weighted by molar-refractivity contribution is 7.14. The molecule has 0 radical (unpaired) electrons. The van der Waals surface area contributed by atoms with Gasteiger partial charge in [0, 0.05) is 4.88 Å². The quantitative estimate of drug-likeness (QED) is 0.775. The normalized spacial score (nSPS) is 11.2. The van der Waals surface area contributed by atoms with Crippen molar-refractivity contribution < 1.29 is 19.1 Å². The van der Waals surface area contributed by atoms with E-state index in [9.17, 15) is 9.59 Å². The van der Waals surface area contributed by atoms with Crippen LogP contribution in [0.4, 0.5) is 0 Å². The summed E-state index contributed by atoms with van der Waals surface area (Å²) in [4.78, 5) is 24.8. The molecular weight excluding hydrogens is 252 g/mol. The van der Waals surface area contributed by atoms with Crippen LogP contribution in [0.3, 0.4) is 0 Å². The predicted octanol–water partition coefficient (Wildman–Crippen LogP) is 2.93. The fraction of sp³-hybridized carbons (Fsp3) is 0.538. The highest BCUT2D eigenvalue weighted by Crippen LogP contribution is 2.37. The Morgan fingerprint density at radius 2 is 1.56 bits per heavy atom. The third-order valence-electron chi connectivity index (χ3n) is 2.59. The Labute approximate surface area is 111 Å². The summed E-state index contributed by atoms with van der Waals surface area (Å²) in [5.41, 5.74) is 0.879. The van der Waals surface area contributed by atoms with Crippen molar-refractivity contribution in [2.24, 2.45) is 0 Å². The van der Waals surface area contributed by atoms with E-state index >= 15 is 0 Å². The Morgan fingerprint density at radius 1 is 1.06 bits per heavy atom. The van der Waals surface area contributed by atoms with Crippen LogP contribution in [0.15, 0.2) is 0 Å². The van der Waals surface area contributed by atoms with Gasteiger partial charge in [0.1, 0.15) is 4.88 Å². The molecule has 0 spiro atoms. The number of hydrogen-bond donors (Lipinski definition) is 0. The largest absolute Gasteiger partial charge is 0.465 e. The van der Waals surface area contributed by atoms with Gasteiger partial charge >= 0.3 is 11.9 Å². The van der Waals surface area contributed by atoms with E-state index < -0.39 is 11.9 Å². The van der Waals surface area contributed by atoms with Gasteiger partial charge in [-0.05, 0) is 17.9 Å². The summed E-state index contributed by atoms with van der Waals surface area (Å²) in [6.45, 7) is 7.72. The van der Waals surface area contributed by atoms with E-state index in [1.165, 1.54) is 25.6 Å². The van der Waals surface area contributed by atoms with E-state index in [0.29, 0.717) is 16.0 Å². The molecule has 0 bridgehead atoms. The molecule has 0 amide bonds. The van der Waals surface area contributed by atoms with Crippen LogP contribution in [0.25, 0.3) is 0 Å². The molecule has 0 aromatic carbocycles. The minimum atomic E-state index is -0.418. The second-order valence-electron chi connectivity index (χ2n) is 4.99. The number of rotatable bonds is 2. The van der Waals surface area contributed by atoms with Crippen molar-refractivity contribution >= 4 is 23.3 Å². The van der Waals surface area contributed by atoms with E-state index in [1.807, 2.05) is 20.8 Å². The Balaban J connectivity index is 3.51. The molecule has 5 heteroatoms. The number of carbonyl (C=O) groups is 2. The zero-order chi connectivity index (χ0) is 14.1. The second-order valence-corrected chi connectivity index (χ2v) is 6.01. The molecule has 1 aromatic rings. The summed E-state index contributed by atoms with van der Waals surface area (Å²) in [6.07, 6.45) is 0. The number of ether oxygens (including phenoxy) is 2. The third kappa shape index (κ3) is 2.56. The molecule has 0 aliphatic heterocycles. The third-order valence-corrected chi connectivity index (χ3v) is 4.29. The summed E-state index contributed by atoms with van der Waals surface area (Å²) in [6, 6.07) is 0. The highest BCUT2D eigenvalue weighted by atomic mass is 32.1. The molecular formula is C13H18O4S. The molecule has 18 heavy (non-hydrogen) atoms. The van der Waals surface area contributed by atoms with Crippen LogP contribution in [0, 0.1) is 6.92 Å². The summed E-state index contributed by atoms with van der Waals surface area (Å²) in [5.74, 6) is -0.831. The number of carbonyl (C=O) groups excluding carboxylic acids is 2. The molecule has 1 heterocycles. The van der Waals surface area contributed by atoms with E-state index in [1.54, 1.807) is 6.92 Å². The van der Waals surface area contributed by atoms with Crippen LogP contribution < -0.4 is 0 Å². The fourth-order valence-electron chi connectivity index (χ4n) is 1.68. The van der Waals surface area contributed by atoms with Gasteiger partial charge in [-0.3, -0.25) is 0 Å². The zero-order valence-electron chi connectivity index (χ0n) is 11.5. The molecule has 0 aliphatic rings. The van der Waals surface area contributed by atoms with Gasteiger partial charge in [-0.15, -0.1) is 11.3 Å². The predicted molar refractivity (Wildman–Crippen MR) is 70.4 cm³/mol. The van der Waals surface area contributed by atoms with Crippen molar-refractivity contribution in [3.63, 3.8) is 0 Å². The lowest BCUT2D eigenvalue weighted by atomic mass is 9.90. The lowest BCUT2D eigenvalue weighted by Crippen LogP contribution is -2.15. The molecule has 4 nitrogen and oxygen atoms in total.